The van der Waals surface area contributed by atoms with Crippen LogP contribution in [0.5, 0.6) is 0 Å². The molecule has 0 saturated carbocycles. The van der Waals surface area contributed by atoms with Gasteiger partial charge in [0.2, 0.25) is 0 Å². The van der Waals surface area contributed by atoms with E-state index >= 15 is 0 Å². The number of hydrogen-bond donors (Lipinski definition) is 0. The molecular weight excluding hydrogens is 300 g/mol. The van der Waals surface area contributed by atoms with E-state index in [9.17, 15) is 0 Å². The van der Waals surface area contributed by atoms with Gasteiger partial charge in [0.25, 0.3) is 0 Å². The van der Waals surface area contributed by atoms with Gasteiger partial charge in [-0.3, -0.25) is 0 Å². The summed E-state index contributed by atoms with van der Waals surface area (Å²) >= 11 is 0. The highest BCUT2D eigenvalue weighted by molar-refractivity contribution is 4.84. The van der Waals surface area contributed by atoms with Gasteiger partial charge < -0.3 is 28.4 Å². The summed E-state index contributed by atoms with van der Waals surface area (Å²) in [4.78, 5) is 0. The van der Waals surface area contributed by atoms with Crippen LogP contribution in [0.3, 0.4) is 0 Å². The molecule has 2 fully saturated rings. The summed E-state index contributed by atoms with van der Waals surface area (Å²) in [6, 6.07) is 0. The van der Waals surface area contributed by atoms with Crippen molar-refractivity contribution in [1.29, 1.82) is 0 Å². The molecule has 23 heavy (non-hydrogen) atoms. The predicted molar refractivity (Wildman–Crippen MR) is 85.2 cm³/mol. The molecule has 0 atom stereocenters. The molecule has 0 spiro atoms. The van der Waals surface area contributed by atoms with Gasteiger partial charge in [-0.05, 0) is 19.3 Å². The van der Waals surface area contributed by atoms with E-state index in [0.29, 0.717) is 26.8 Å². The minimum absolute atomic E-state index is 0.227. The SMILES string of the molecule is CCC1(COCOCCCOCOCC2(CC)COC2)COC1. The van der Waals surface area contributed by atoms with E-state index in [1.807, 2.05) is 0 Å². The Kier molecular flexibility index (Phi) is 8.23. The molecule has 0 N–H and O–H groups in total. The fourth-order valence-electron chi connectivity index (χ4n) is 2.58. The van der Waals surface area contributed by atoms with Crippen LogP contribution in [-0.4, -0.2) is 66.4 Å². The lowest BCUT2D eigenvalue weighted by Crippen LogP contribution is -2.45. The fraction of sp³-hybridized carbons (Fsp3) is 1.00. The highest BCUT2D eigenvalue weighted by atomic mass is 16.7. The van der Waals surface area contributed by atoms with E-state index in [2.05, 4.69) is 13.8 Å². The van der Waals surface area contributed by atoms with Crippen molar-refractivity contribution in [1.82, 2.24) is 0 Å². The van der Waals surface area contributed by atoms with Crippen LogP contribution in [0.15, 0.2) is 0 Å². The Balaban J connectivity index is 1.32. The average molecular weight is 332 g/mol. The lowest BCUT2D eigenvalue weighted by Gasteiger charge is -2.40. The number of hydrogen-bond acceptors (Lipinski definition) is 6. The van der Waals surface area contributed by atoms with Crippen molar-refractivity contribution in [3.63, 3.8) is 0 Å². The Morgan fingerprint density at radius 1 is 0.696 bits per heavy atom. The van der Waals surface area contributed by atoms with Crippen LogP contribution >= 0.6 is 0 Å². The summed E-state index contributed by atoms with van der Waals surface area (Å²) in [7, 11) is 0. The summed E-state index contributed by atoms with van der Waals surface area (Å²) in [5.74, 6) is 0. The first-order chi connectivity index (χ1) is 11.2. The van der Waals surface area contributed by atoms with Gasteiger partial charge in [-0.1, -0.05) is 13.8 Å². The molecule has 6 heteroatoms. The largest absolute Gasteiger partial charge is 0.380 e. The van der Waals surface area contributed by atoms with E-state index in [1.54, 1.807) is 0 Å². The van der Waals surface area contributed by atoms with Gasteiger partial charge in [0.05, 0.1) is 52.9 Å². The van der Waals surface area contributed by atoms with Crippen molar-refractivity contribution in [2.24, 2.45) is 10.8 Å². The fourth-order valence-corrected chi connectivity index (χ4v) is 2.58. The van der Waals surface area contributed by atoms with Crippen LogP contribution in [0.1, 0.15) is 33.1 Å². The molecule has 0 amide bonds. The zero-order chi connectivity index (χ0) is 16.4. The zero-order valence-electron chi connectivity index (χ0n) is 14.6. The van der Waals surface area contributed by atoms with Gasteiger partial charge >= 0.3 is 0 Å². The minimum Gasteiger partial charge on any atom is -0.380 e. The zero-order valence-corrected chi connectivity index (χ0v) is 14.6. The maximum atomic E-state index is 5.57. The molecule has 0 unspecified atom stereocenters. The highest BCUT2D eigenvalue weighted by Gasteiger charge is 2.37. The first-order valence-electron chi connectivity index (χ1n) is 8.71. The maximum absolute atomic E-state index is 5.57. The van der Waals surface area contributed by atoms with Gasteiger partial charge in [-0.15, -0.1) is 0 Å². The quantitative estimate of drug-likeness (QED) is 0.359. The Labute approximate surface area is 139 Å². The van der Waals surface area contributed by atoms with Gasteiger partial charge in [-0.2, -0.15) is 0 Å². The third kappa shape index (κ3) is 5.96. The summed E-state index contributed by atoms with van der Waals surface area (Å²) < 4.78 is 32.5. The van der Waals surface area contributed by atoms with Crippen molar-refractivity contribution in [3.05, 3.63) is 0 Å². The van der Waals surface area contributed by atoms with Crippen molar-refractivity contribution in [2.75, 3.05) is 66.4 Å². The van der Waals surface area contributed by atoms with Gasteiger partial charge in [0.1, 0.15) is 13.6 Å². The maximum Gasteiger partial charge on any atom is 0.146 e. The van der Waals surface area contributed by atoms with Crippen molar-refractivity contribution < 1.29 is 28.4 Å². The predicted octanol–water partition coefficient (Wildman–Crippen LogP) is 2.21. The van der Waals surface area contributed by atoms with Crippen LogP contribution in [0.4, 0.5) is 0 Å². The molecule has 2 heterocycles. The number of ether oxygens (including phenoxy) is 6. The molecular formula is C17H32O6. The van der Waals surface area contributed by atoms with E-state index in [1.165, 1.54) is 0 Å². The smallest absolute Gasteiger partial charge is 0.146 e. The summed E-state index contributed by atoms with van der Waals surface area (Å²) in [5, 5.41) is 0. The standard InChI is InChI=1S/C17H32O6/c1-3-16(8-20-9-16)12-22-14-18-6-5-7-19-15-23-13-17(4-2)10-21-11-17/h3-15H2,1-2H3. The first-order valence-corrected chi connectivity index (χ1v) is 8.71. The van der Waals surface area contributed by atoms with E-state index in [0.717, 1.165) is 58.9 Å². The third-order valence-corrected chi connectivity index (χ3v) is 4.86. The normalized spacial score (nSPS) is 21.7. The summed E-state index contributed by atoms with van der Waals surface area (Å²) in [5.41, 5.74) is 0.455. The Bertz CT molecular complexity index is 273. The molecule has 2 rings (SSSR count). The monoisotopic (exact) mass is 332 g/mol. The molecule has 0 aliphatic carbocycles. The van der Waals surface area contributed by atoms with Crippen LogP contribution < -0.4 is 0 Å². The molecule has 6 nitrogen and oxygen atoms in total. The molecule has 2 saturated heterocycles. The average Bonchev–Trinajstić information content (AvgIpc) is 2.49. The summed E-state index contributed by atoms with van der Waals surface area (Å²) in [6.45, 7) is 11.0. The van der Waals surface area contributed by atoms with Crippen LogP contribution in [0.2, 0.25) is 0 Å². The third-order valence-electron chi connectivity index (χ3n) is 4.86. The van der Waals surface area contributed by atoms with Gasteiger partial charge in [-0.25, -0.2) is 0 Å². The van der Waals surface area contributed by atoms with Gasteiger partial charge in [0, 0.05) is 10.8 Å². The molecule has 0 aromatic heterocycles. The van der Waals surface area contributed by atoms with Crippen molar-refractivity contribution >= 4 is 0 Å². The van der Waals surface area contributed by atoms with Crippen LogP contribution in [0.25, 0.3) is 0 Å². The van der Waals surface area contributed by atoms with E-state index in [-0.39, 0.29) is 10.8 Å². The molecule has 136 valence electrons. The van der Waals surface area contributed by atoms with Gasteiger partial charge in [0.15, 0.2) is 0 Å². The highest BCUT2D eigenvalue weighted by Crippen LogP contribution is 2.31. The second-order valence-electron chi connectivity index (χ2n) is 6.80. The topological polar surface area (TPSA) is 55.4 Å². The van der Waals surface area contributed by atoms with Crippen LogP contribution in [0, 0.1) is 10.8 Å². The van der Waals surface area contributed by atoms with Crippen molar-refractivity contribution in [2.45, 2.75) is 33.1 Å². The minimum atomic E-state index is 0.227. The van der Waals surface area contributed by atoms with Crippen molar-refractivity contribution in [3.8, 4) is 0 Å². The molecule has 2 aliphatic rings. The van der Waals surface area contributed by atoms with E-state index in [4.69, 9.17) is 28.4 Å². The molecule has 0 bridgehead atoms. The lowest BCUT2D eigenvalue weighted by molar-refractivity contribution is -0.177. The first kappa shape index (κ1) is 19.1. The second-order valence-corrected chi connectivity index (χ2v) is 6.80. The lowest BCUT2D eigenvalue weighted by atomic mass is 9.84. The Hall–Kier alpha value is -0.240. The molecule has 0 aromatic rings. The molecule has 2 aliphatic heterocycles. The van der Waals surface area contributed by atoms with Crippen LogP contribution in [-0.2, 0) is 28.4 Å². The van der Waals surface area contributed by atoms with E-state index < -0.39 is 0 Å². The second kappa shape index (κ2) is 9.91. The molecule has 0 radical (unpaired) electrons. The molecule has 0 aromatic carbocycles. The Morgan fingerprint density at radius 2 is 1.13 bits per heavy atom. The Morgan fingerprint density at radius 3 is 1.43 bits per heavy atom. The number of rotatable bonds is 14. The summed E-state index contributed by atoms with van der Waals surface area (Å²) in [6.07, 6.45) is 3.02.